The summed E-state index contributed by atoms with van der Waals surface area (Å²) in [6.07, 6.45) is 5.43. The number of Topliss-reactive ketones (excluding diaryl/α,β-unsaturated/α-hetero) is 3. The van der Waals surface area contributed by atoms with Gasteiger partial charge in [-0.05, 0) is 68.1 Å². The summed E-state index contributed by atoms with van der Waals surface area (Å²) >= 11 is 0. The Morgan fingerprint density at radius 1 is 1.15 bits per heavy atom. The molecule has 2 fully saturated rings. The van der Waals surface area contributed by atoms with Gasteiger partial charge in [0.1, 0.15) is 5.78 Å². The Labute approximate surface area is 203 Å². The number of hydrogen-bond donors (Lipinski definition) is 1. The fourth-order valence-electron chi connectivity index (χ4n) is 8.25. The van der Waals surface area contributed by atoms with Crippen LogP contribution in [0.1, 0.15) is 86.0 Å². The highest BCUT2D eigenvalue weighted by Gasteiger charge is 2.61. The standard InChI is InChI=1S/C29H40O5/c1-15(17(3)27(33)34)7-8-16(2)19-9-10-20-25-23(31)13-21-18(4)22(30)11-12-28(21,5)26(25)24(32)14-29(19,20)6/h16-21H,1,7-14H2,2-6H3,(H,33,34)/t16?,17?,18-,19?,20?,21?,28-,29+/m0/s1. The normalized spacial score (nSPS) is 39.3. The molecule has 0 aromatic rings. The van der Waals surface area contributed by atoms with Gasteiger partial charge in [-0.3, -0.25) is 19.2 Å². The second kappa shape index (κ2) is 8.57. The molecule has 2 saturated carbocycles. The number of aliphatic carboxylic acids is 1. The highest BCUT2D eigenvalue weighted by molar-refractivity contribution is 6.11. The van der Waals surface area contributed by atoms with E-state index >= 15 is 0 Å². The summed E-state index contributed by atoms with van der Waals surface area (Å²) < 4.78 is 0. The van der Waals surface area contributed by atoms with Crippen molar-refractivity contribution in [2.75, 3.05) is 0 Å². The first-order valence-corrected chi connectivity index (χ1v) is 13.1. The zero-order valence-corrected chi connectivity index (χ0v) is 21.4. The topological polar surface area (TPSA) is 88.5 Å². The van der Waals surface area contributed by atoms with Gasteiger partial charge in [-0.15, -0.1) is 0 Å². The minimum atomic E-state index is -0.843. The molecule has 0 aliphatic heterocycles. The molecule has 0 bridgehead atoms. The molecule has 4 aliphatic carbocycles. The van der Waals surface area contributed by atoms with Crippen LogP contribution in [-0.2, 0) is 19.2 Å². The maximum Gasteiger partial charge on any atom is 0.310 e. The van der Waals surface area contributed by atoms with Crippen LogP contribution in [0.2, 0.25) is 0 Å². The lowest BCUT2D eigenvalue weighted by molar-refractivity contribution is -0.140. The number of ketones is 3. The molecule has 4 rings (SSSR count). The van der Waals surface area contributed by atoms with Crippen molar-refractivity contribution in [3.05, 3.63) is 23.3 Å². The number of carboxylic acids is 1. The van der Waals surface area contributed by atoms with Gasteiger partial charge in [-0.2, -0.15) is 0 Å². The zero-order chi connectivity index (χ0) is 25.2. The van der Waals surface area contributed by atoms with Crippen molar-refractivity contribution in [3.63, 3.8) is 0 Å². The van der Waals surface area contributed by atoms with Crippen LogP contribution in [0.4, 0.5) is 0 Å². The molecule has 0 saturated heterocycles. The number of rotatable bonds is 6. The fourth-order valence-corrected chi connectivity index (χ4v) is 8.25. The molecule has 0 heterocycles. The van der Waals surface area contributed by atoms with E-state index in [0.717, 1.165) is 36.0 Å². The molecule has 186 valence electrons. The lowest BCUT2D eigenvalue weighted by Gasteiger charge is -2.53. The third kappa shape index (κ3) is 3.65. The SMILES string of the molecule is C=C(CCC(C)C1CCC2C3=C(C(=O)C[C@@]21C)[C@@]1(C)CCC(=O)[C@@H](C)C1CC3=O)C(C)C(=O)O. The van der Waals surface area contributed by atoms with E-state index in [9.17, 15) is 24.3 Å². The lowest BCUT2D eigenvalue weighted by Crippen LogP contribution is -2.53. The Hall–Kier alpha value is -2.04. The molecule has 0 amide bonds. The third-order valence-corrected chi connectivity index (χ3v) is 10.5. The highest BCUT2D eigenvalue weighted by Crippen LogP contribution is 2.64. The second-order valence-corrected chi connectivity index (χ2v) is 12.3. The van der Waals surface area contributed by atoms with E-state index in [0.29, 0.717) is 43.9 Å². The third-order valence-electron chi connectivity index (χ3n) is 10.5. The molecule has 0 aromatic carbocycles. The van der Waals surface area contributed by atoms with Crippen molar-refractivity contribution >= 4 is 23.3 Å². The van der Waals surface area contributed by atoms with Gasteiger partial charge in [-0.1, -0.05) is 39.8 Å². The summed E-state index contributed by atoms with van der Waals surface area (Å²) in [5.41, 5.74) is 1.70. The van der Waals surface area contributed by atoms with Crippen molar-refractivity contribution in [2.45, 2.75) is 86.0 Å². The predicted octanol–water partition coefficient (Wildman–Crippen LogP) is 5.58. The van der Waals surface area contributed by atoms with Crippen molar-refractivity contribution in [3.8, 4) is 0 Å². The van der Waals surface area contributed by atoms with E-state index in [4.69, 9.17) is 0 Å². The summed E-state index contributed by atoms with van der Waals surface area (Å²) in [5.74, 6) is -0.453. The zero-order valence-electron chi connectivity index (χ0n) is 21.4. The molecule has 0 spiro atoms. The Morgan fingerprint density at radius 2 is 1.82 bits per heavy atom. The summed E-state index contributed by atoms with van der Waals surface area (Å²) in [6, 6.07) is 0. The monoisotopic (exact) mass is 468 g/mol. The fraction of sp³-hybridized carbons (Fsp3) is 0.724. The smallest absolute Gasteiger partial charge is 0.310 e. The minimum Gasteiger partial charge on any atom is -0.481 e. The van der Waals surface area contributed by atoms with Gasteiger partial charge in [0.2, 0.25) is 0 Å². The number of carbonyl (C=O) groups excluding carboxylic acids is 3. The Kier molecular flexibility index (Phi) is 6.31. The molecule has 0 aromatic heterocycles. The summed E-state index contributed by atoms with van der Waals surface area (Å²) in [7, 11) is 0. The van der Waals surface area contributed by atoms with Crippen molar-refractivity contribution in [1.29, 1.82) is 0 Å². The highest BCUT2D eigenvalue weighted by atomic mass is 16.4. The van der Waals surface area contributed by atoms with Gasteiger partial charge < -0.3 is 5.11 Å². The van der Waals surface area contributed by atoms with Crippen LogP contribution in [0.3, 0.4) is 0 Å². The molecule has 5 heteroatoms. The van der Waals surface area contributed by atoms with Gasteiger partial charge in [0.25, 0.3) is 0 Å². The molecular weight excluding hydrogens is 428 g/mol. The molecule has 4 aliphatic rings. The van der Waals surface area contributed by atoms with E-state index in [1.54, 1.807) is 6.92 Å². The van der Waals surface area contributed by atoms with Crippen LogP contribution in [-0.4, -0.2) is 28.4 Å². The van der Waals surface area contributed by atoms with Crippen LogP contribution in [0.25, 0.3) is 0 Å². The number of fused-ring (bicyclic) bond motifs is 4. The summed E-state index contributed by atoms with van der Waals surface area (Å²) in [5, 5.41) is 9.27. The van der Waals surface area contributed by atoms with E-state index in [1.165, 1.54) is 0 Å². The molecule has 0 radical (unpaired) electrons. The maximum absolute atomic E-state index is 13.8. The largest absolute Gasteiger partial charge is 0.481 e. The maximum atomic E-state index is 13.8. The number of hydrogen-bond acceptors (Lipinski definition) is 4. The van der Waals surface area contributed by atoms with Gasteiger partial charge in [0.15, 0.2) is 11.6 Å². The van der Waals surface area contributed by atoms with Crippen LogP contribution in [0.5, 0.6) is 0 Å². The first kappa shape index (κ1) is 25.1. The lowest BCUT2D eigenvalue weighted by atomic mass is 9.48. The van der Waals surface area contributed by atoms with Crippen molar-refractivity contribution < 1.29 is 24.3 Å². The van der Waals surface area contributed by atoms with Crippen LogP contribution < -0.4 is 0 Å². The van der Waals surface area contributed by atoms with Crippen LogP contribution >= 0.6 is 0 Å². The van der Waals surface area contributed by atoms with E-state index in [-0.39, 0.29) is 45.9 Å². The number of carboxylic acid groups (broad SMARTS) is 1. The first-order valence-electron chi connectivity index (χ1n) is 13.1. The van der Waals surface area contributed by atoms with Gasteiger partial charge in [-0.25, -0.2) is 0 Å². The molecule has 5 unspecified atom stereocenters. The van der Waals surface area contributed by atoms with Gasteiger partial charge in [0, 0.05) is 41.7 Å². The second-order valence-electron chi connectivity index (χ2n) is 12.3. The Balaban J connectivity index is 1.61. The minimum absolute atomic E-state index is 0.0633. The van der Waals surface area contributed by atoms with E-state index in [2.05, 4.69) is 27.4 Å². The first-order chi connectivity index (χ1) is 15.8. The molecule has 5 nitrogen and oxygen atoms in total. The summed E-state index contributed by atoms with van der Waals surface area (Å²) in [4.78, 5) is 51.1. The van der Waals surface area contributed by atoms with Crippen molar-refractivity contribution in [2.24, 2.45) is 46.3 Å². The van der Waals surface area contributed by atoms with E-state index in [1.807, 2.05) is 6.92 Å². The average molecular weight is 469 g/mol. The predicted molar refractivity (Wildman–Crippen MR) is 130 cm³/mol. The number of allylic oxidation sites excluding steroid dienone is 2. The summed E-state index contributed by atoms with van der Waals surface area (Å²) in [6.45, 7) is 14.2. The molecular formula is C29H40O5. The molecule has 1 N–H and O–H groups in total. The molecule has 34 heavy (non-hydrogen) atoms. The van der Waals surface area contributed by atoms with Crippen LogP contribution in [0.15, 0.2) is 23.3 Å². The van der Waals surface area contributed by atoms with E-state index < -0.39 is 11.9 Å². The van der Waals surface area contributed by atoms with Gasteiger partial charge >= 0.3 is 5.97 Å². The van der Waals surface area contributed by atoms with Gasteiger partial charge in [0.05, 0.1) is 5.92 Å². The average Bonchev–Trinajstić information content (AvgIpc) is 3.11. The Bertz CT molecular complexity index is 988. The van der Waals surface area contributed by atoms with Crippen LogP contribution in [0, 0.1) is 46.3 Å². The molecule has 8 atom stereocenters. The number of carbonyl (C=O) groups is 4. The quantitative estimate of drug-likeness (QED) is 0.514. The Morgan fingerprint density at radius 3 is 2.47 bits per heavy atom. The van der Waals surface area contributed by atoms with Crippen molar-refractivity contribution in [1.82, 2.24) is 0 Å².